The maximum absolute atomic E-state index is 13.6. The number of nitrogens with zero attached hydrogens (tertiary/aromatic N) is 3. The number of likely N-dealkylation sites (N-methyl/N-ethyl adjacent to an activating group) is 1. The zero-order valence-corrected chi connectivity index (χ0v) is 21.5. The van der Waals surface area contributed by atoms with Gasteiger partial charge < -0.3 is 19.6 Å². The van der Waals surface area contributed by atoms with Gasteiger partial charge in [0.2, 0.25) is 11.8 Å². The Kier molecular flexibility index (Phi) is 8.41. The Bertz CT molecular complexity index is 1100. The molecule has 1 aliphatic heterocycles. The number of carbonyl (C=O) groups is 2. The predicted octanol–water partition coefficient (Wildman–Crippen LogP) is 3.96. The molecule has 7 heteroatoms. The molecule has 0 radical (unpaired) electrons. The number of hydrogen-bond acceptors (Lipinski definition) is 5. The van der Waals surface area contributed by atoms with Crippen molar-refractivity contribution < 1.29 is 19.4 Å². The molecule has 7 nitrogen and oxygen atoms in total. The molecular formula is C29H37N3O4. The Labute approximate surface area is 213 Å². The van der Waals surface area contributed by atoms with E-state index in [1.807, 2.05) is 50.2 Å². The summed E-state index contributed by atoms with van der Waals surface area (Å²) >= 11 is 0. The molecule has 2 aliphatic rings. The van der Waals surface area contributed by atoms with E-state index in [2.05, 4.69) is 11.1 Å². The van der Waals surface area contributed by atoms with Gasteiger partial charge in [0.15, 0.2) is 0 Å². The van der Waals surface area contributed by atoms with E-state index in [1.54, 1.807) is 23.0 Å². The first-order valence-corrected chi connectivity index (χ1v) is 12.9. The lowest BCUT2D eigenvalue weighted by atomic mass is 9.93. The Morgan fingerprint density at radius 3 is 2.75 bits per heavy atom. The van der Waals surface area contributed by atoms with Crippen LogP contribution < -0.4 is 4.74 Å². The van der Waals surface area contributed by atoms with Crippen LogP contribution in [-0.2, 0) is 11.2 Å². The highest BCUT2D eigenvalue weighted by atomic mass is 16.5. The van der Waals surface area contributed by atoms with Gasteiger partial charge in [-0.2, -0.15) is 0 Å². The number of benzene rings is 1. The van der Waals surface area contributed by atoms with E-state index in [9.17, 15) is 14.7 Å². The van der Waals surface area contributed by atoms with Crippen molar-refractivity contribution in [3.05, 3.63) is 65.4 Å². The highest BCUT2D eigenvalue weighted by Gasteiger charge is 2.35. The van der Waals surface area contributed by atoms with E-state index in [-0.39, 0.29) is 42.4 Å². The lowest BCUT2D eigenvalue weighted by Gasteiger charge is -2.37. The van der Waals surface area contributed by atoms with Crippen LogP contribution in [0.15, 0.2) is 48.7 Å². The number of hydrogen-bond donors (Lipinski definition) is 1. The maximum atomic E-state index is 13.6. The smallest absolute Gasteiger partial charge is 0.259 e. The molecule has 1 N–H and O–H groups in total. The molecule has 36 heavy (non-hydrogen) atoms. The summed E-state index contributed by atoms with van der Waals surface area (Å²) < 4.78 is 6.36. The van der Waals surface area contributed by atoms with Crippen LogP contribution in [0.4, 0.5) is 0 Å². The number of carbonyl (C=O) groups excluding carboxylic acids is 2. The SMILES string of the molecule is C[C@@H]1CN([C@@H](C)CO)C(=O)c2cc(C3=CCCCC3)cnc2O[C@@H]1CN(C)C(=O)Cc1ccccc1. The topological polar surface area (TPSA) is 83.0 Å². The van der Waals surface area contributed by atoms with Gasteiger partial charge >= 0.3 is 0 Å². The number of amides is 2. The molecule has 0 spiro atoms. The van der Waals surface area contributed by atoms with Crippen molar-refractivity contribution in [2.75, 3.05) is 26.7 Å². The number of ether oxygens (including phenoxy) is 1. The van der Waals surface area contributed by atoms with Crippen molar-refractivity contribution in [2.24, 2.45) is 5.92 Å². The molecule has 192 valence electrons. The van der Waals surface area contributed by atoms with E-state index in [0.29, 0.717) is 25.1 Å². The van der Waals surface area contributed by atoms with Crippen LogP contribution in [0, 0.1) is 5.92 Å². The summed E-state index contributed by atoms with van der Waals surface area (Å²) in [6.07, 6.45) is 8.30. The molecule has 0 saturated carbocycles. The van der Waals surface area contributed by atoms with Gasteiger partial charge in [-0.05, 0) is 55.4 Å². The minimum absolute atomic E-state index is 0.00323. The molecule has 0 unspecified atom stereocenters. The van der Waals surface area contributed by atoms with E-state index in [1.165, 1.54) is 12.0 Å². The Morgan fingerprint density at radius 2 is 2.06 bits per heavy atom. The first-order valence-electron chi connectivity index (χ1n) is 12.9. The lowest BCUT2D eigenvalue weighted by Crippen LogP contribution is -2.50. The maximum Gasteiger partial charge on any atom is 0.259 e. The van der Waals surface area contributed by atoms with E-state index < -0.39 is 0 Å². The summed E-state index contributed by atoms with van der Waals surface area (Å²) in [7, 11) is 1.78. The molecule has 0 saturated heterocycles. The van der Waals surface area contributed by atoms with Gasteiger partial charge in [0.05, 0.1) is 25.6 Å². The highest BCUT2D eigenvalue weighted by molar-refractivity contribution is 5.97. The molecule has 2 heterocycles. The monoisotopic (exact) mass is 491 g/mol. The highest BCUT2D eigenvalue weighted by Crippen LogP contribution is 2.32. The van der Waals surface area contributed by atoms with Crippen molar-refractivity contribution in [2.45, 2.75) is 58.1 Å². The number of fused-ring (bicyclic) bond motifs is 1. The molecule has 2 aromatic rings. The fourth-order valence-corrected chi connectivity index (χ4v) is 4.87. The van der Waals surface area contributed by atoms with Crippen molar-refractivity contribution in [3.8, 4) is 5.88 Å². The zero-order valence-electron chi connectivity index (χ0n) is 21.5. The number of pyridine rings is 1. The molecule has 1 aliphatic carbocycles. The van der Waals surface area contributed by atoms with E-state index in [4.69, 9.17) is 4.74 Å². The second kappa shape index (κ2) is 11.7. The minimum atomic E-state index is -0.359. The Morgan fingerprint density at radius 1 is 1.28 bits per heavy atom. The Balaban J connectivity index is 1.61. The number of rotatable bonds is 7. The van der Waals surface area contributed by atoms with E-state index >= 15 is 0 Å². The molecular weight excluding hydrogens is 454 g/mol. The summed E-state index contributed by atoms with van der Waals surface area (Å²) in [5.74, 6) is 0.0287. The fraction of sp³-hybridized carbons (Fsp3) is 0.483. The summed E-state index contributed by atoms with van der Waals surface area (Å²) in [6, 6.07) is 11.2. The van der Waals surface area contributed by atoms with E-state index in [0.717, 1.165) is 30.4 Å². The van der Waals surface area contributed by atoms with Gasteiger partial charge in [0.25, 0.3) is 5.91 Å². The summed E-state index contributed by atoms with van der Waals surface area (Å²) in [4.78, 5) is 34.6. The second-order valence-electron chi connectivity index (χ2n) is 10.1. The fourth-order valence-electron chi connectivity index (χ4n) is 4.87. The van der Waals surface area contributed by atoms with Gasteiger partial charge in [-0.15, -0.1) is 0 Å². The number of aliphatic hydroxyl groups excluding tert-OH is 1. The largest absolute Gasteiger partial charge is 0.472 e. The van der Waals surface area contributed by atoms with Crippen molar-refractivity contribution >= 4 is 17.4 Å². The van der Waals surface area contributed by atoms with Crippen molar-refractivity contribution in [1.82, 2.24) is 14.8 Å². The first kappa shape index (κ1) is 25.9. The number of allylic oxidation sites excluding steroid dienone is 2. The van der Waals surface area contributed by atoms with Gasteiger partial charge in [-0.3, -0.25) is 9.59 Å². The van der Waals surface area contributed by atoms with Crippen LogP contribution in [0.5, 0.6) is 5.88 Å². The third-order valence-electron chi connectivity index (χ3n) is 7.26. The number of aliphatic hydroxyl groups is 1. The first-order chi connectivity index (χ1) is 17.4. The predicted molar refractivity (Wildman–Crippen MR) is 140 cm³/mol. The van der Waals surface area contributed by atoms with Gasteiger partial charge in [-0.1, -0.05) is 43.3 Å². The van der Waals surface area contributed by atoms with Crippen LogP contribution in [0.2, 0.25) is 0 Å². The van der Waals surface area contributed by atoms with Crippen molar-refractivity contribution in [3.63, 3.8) is 0 Å². The molecule has 1 aromatic carbocycles. The lowest BCUT2D eigenvalue weighted by molar-refractivity contribution is -0.130. The molecule has 2 amide bonds. The average molecular weight is 492 g/mol. The Hall–Kier alpha value is -3.19. The summed E-state index contributed by atoms with van der Waals surface area (Å²) in [5.41, 5.74) is 3.53. The number of aromatic nitrogens is 1. The zero-order chi connectivity index (χ0) is 25.7. The molecule has 0 bridgehead atoms. The van der Waals surface area contributed by atoms with Crippen molar-refractivity contribution in [1.29, 1.82) is 0 Å². The van der Waals surface area contributed by atoms with Gasteiger partial charge in [0.1, 0.15) is 11.7 Å². The van der Waals surface area contributed by atoms with Crippen LogP contribution in [-0.4, -0.2) is 70.6 Å². The normalized spacial score (nSPS) is 20.9. The quantitative estimate of drug-likeness (QED) is 0.634. The van der Waals surface area contributed by atoms with Crippen LogP contribution in [0.25, 0.3) is 5.57 Å². The van der Waals surface area contributed by atoms with Crippen LogP contribution >= 0.6 is 0 Å². The standard InChI is InChI=1S/C29H37N3O4/c1-20-17-32(21(2)19-33)29(35)25-15-24(23-12-8-5-9-13-23)16-30-28(25)36-26(20)18-31(3)27(34)14-22-10-6-4-7-11-22/h4,6-7,10-12,15-16,20-21,26,33H,5,8-9,13-14,17-19H2,1-3H3/t20-,21+,26-/m1/s1. The third kappa shape index (κ3) is 5.95. The average Bonchev–Trinajstić information content (AvgIpc) is 2.91. The van der Waals surface area contributed by atoms with Crippen LogP contribution in [0.1, 0.15) is 61.0 Å². The molecule has 0 fully saturated rings. The molecule has 4 rings (SSSR count). The summed E-state index contributed by atoms with van der Waals surface area (Å²) in [6.45, 7) is 4.51. The van der Waals surface area contributed by atoms with Crippen LogP contribution in [0.3, 0.4) is 0 Å². The van der Waals surface area contributed by atoms with Gasteiger partial charge in [-0.25, -0.2) is 4.98 Å². The molecule has 1 aromatic heterocycles. The van der Waals surface area contributed by atoms with Gasteiger partial charge in [0, 0.05) is 25.7 Å². The second-order valence-corrected chi connectivity index (χ2v) is 10.1. The molecule has 3 atom stereocenters. The minimum Gasteiger partial charge on any atom is -0.472 e. The third-order valence-corrected chi connectivity index (χ3v) is 7.26. The summed E-state index contributed by atoms with van der Waals surface area (Å²) in [5, 5.41) is 9.88.